The fraction of sp³-hybridized carbons (Fsp3) is 0.526. The topological polar surface area (TPSA) is 67.1 Å². The average molecular weight is 470 g/mol. The van der Waals surface area contributed by atoms with E-state index in [-0.39, 0.29) is 24.0 Å². The van der Waals surface area contributed by atoms with Crippen LogP contribution in [0.2, 0.25) is 0 Å². The average Bonchev–Trinajstić information content (AvgIpc) is 3.13. The number of nitrogens with zero attached hydrogens (tertiary/aromatic N) is 4. The predicted molar refractivity (Wildman–Crippen MR) is 118 cm³/mol. The Kier molecular flexibility index (Phi) is 10.2. The Morgan fingerprint density at radius 2 is 1.88 bits per heavy atom. The summed E-state index contributed by atoms with van der Waals surface area (Å²) in [7, 11) is 1.81. The van der Waals surface area contributed by atoms with Crippen LogP contribution >= 0.6 is 24.0 Å². The molecule has 26 heavy (non-hydrogen) atoms. The molecule has 0 spiro atoms. The Labute approximate surface area is 173 Å². The lowest BCUT2D eigenvalue weighted by molar-refractivity contribution is 0.491. The maximum absolute atomic E-state index is 4.32. The summed E-state index contributed by atoms with van der Waals surface area (Å²) in [5.41, 5.74) is 2.20. The van der Waals surface area contributed by atoms with Crippen molar-refractivity contribution in [3.05, 3.63) is 42.5 Å². The summed E-state index contributed by atoms with van der Waals surface area (Å²) >= 11 is 0. The number of guanidine groups is 1. The van der Waals surface area contributed by atoms with Crippen LogP contribution in [0, 0.1) is 5.92 Å². The van der Waals surface area contributed by atoms with Gasteiger partial charge < -0.3 is 10.6 Å². The second kappa shape index (κ2) is 11.9. The zero-order valence-corrected chi connectivity index (χ0v) is 18.5. The van der Waals surface area contributed by atoms with Crippen molar-refractivity contribution >= 4 is 29.9 Å². The number of rotatable bonds is 8. The van der Waals surface area contributed by atoms with Gasteiger partial charge >= 0.3 is 0 Å². The van der Waals surface area contributed by atoms with E-state index >= 15 is 0 Å². The lowest BCUT2D eigenvalue weighted by Gasteiger charge is -2.18. The van der Waals surface area contributed by atoms with Gasteiger partial charge in [-0.1, -0.05) is 38.8 Å². The van der Waals surface area contributed by atoms with Gasteiger partial charge in [-0.3, -0.25) is 4.99 Å². The fourth-order valence-electron chi connectivity index (χ4n) is 2.63. The third kappa shape index (κ3) is 7.72. The van der Waals surface area contributed by atoms with E-state index in [9.17, 15) is 0 Å². The zero-order chi connectivity index (χ0) is 18.1. The molecule has 1 aromatic heterocycles. The van der Waals surface area contributed by atoms with Crippen LogP contribution in [-0.4, -0.2) is 33.8 Å². The molecule has 0 aliphatic carbocycles. The fourth-order valence-corrected chi connectivity index (χ4v) is 2.63. The highest BCUT2D eigenvalue weighted by Gasteiger charge is 2.06. The first-order valence-corrected chi connectivity index (χ1v) is 8.99. The van der Waals surface area contributed by atoms with Gasteiger partial charge in [0.25, 0.3) is 0 Å². The van der Waals surface area contributed by atoms with E-state index in [0.717, 1.165) is 30.5 Å². The largest absolute Gasteiger partial charge is 0.354 e. The standard InChI is InChI=1S/C19H30N6.HI/c1-15(2)6-5-7-16(3)24-19(20-4)22-12-17-8-10-18(11-9-17)25-14-21-13-23-25;/h8-11,13-16H,5-7,12H2,1-4H3,(H2,20,22,24);1H. The minimum Gasteiger partial charge on any atom is -0.354 e. The van der Waals surface area contributed by atoms with Gasteiger partial charge in [0, 0.05) is 19.6 Å². The third-order valence-electron chi connectivity index (χ3n) is 4.10. The molecule has 0 radical (unpaired) electrons. The maximum Gasteiger partial charge on any atom is 0.191 e. The van der Waals surface area contributed by atoms with Crippen molar-refractivity contribution in [3.63, 3.8) is 0 Å². The molecular formula is C19H31IN6. The number of aromatic nitrogens is 3. The van der Waals surface area contributed by atoms with Crippen LogP contribution in [-0.2, 0) is 6.54 Å². The number of halogens is 1. The van der Waals surface area contributed by atoms with Crippen LogP contribution in [0.4, 0.5) is 0 Å². The molecule has 0 fully saturated rings. The Morgan fingerprint density at radius 1 is 1.15 bits per heavy atom. The van der Waals surface area contributed by atoms with Gasteiger partial charge in [-0.15, -0.1) is 24.0 Å². The molecule has 2 N–H and O–H groups in total. The van der Waals surface area contributed by atoms with E-state index < -0.39 is 0 Å². The van der Waals surface area contributed by atoms with E-state index in [0.29, 0.717) is 6.04 Å². The van der Waals surface area contributed by atoms with Crippen molar-refractivity contribution in [2.75, 3.05) is 7.05 Å². The highest BCUT2D eigenvalue weighted by molar-refractivity contribution is 14.0. The Hall–Kier alpha value is -1.64. The van der Waals surface area contributed by atoms with E-state index in [4.69, 9.17) is 0 Å². The van der Waals surface area contributed by atoms with Gasteiger partial charge in [0.1, 0.15) is 12.7 Å². The van der Waals surface area contributed by atoms with Gasteiger partial charge in [-0.2, -0.15) is 5.10 Å². The van der Waals surface area contributed by atoms with E-state index in [2.05, 4.69) is 58.6 Å². The molecule has 1 heterocycles. The smallest absolute Gasteiger partial charge is 0.191 e. The van der Waals surface area contributed by atoms with E-state index in [1.807, 2.05) is 19.2 Å². The predicted octanol–water partition coefficient (Wildman–Crippen LogP) is 3.77. The quantitative estimate of drug-likeness (QED) is 0.350. The molecule has 0 aliphatic rings. The summed E-state index contributed by atoms with van der Waals surface area (Å²) in [4.78, 5) is 8.28. The molecule has 6 nitrogen and oxygen atoms in total. The summed E-state index contributed by atoms with van der Waals surface area (Å²) < 4.78 is 1.75. The van der Waals surface area contributed by atoms with Gasteiger partial charge in [0.15, 0.2) is 5.96 Å². The number of aliphatic imine (C=N–C) groups is 1. The van der Waals surface area contributed by atoms with Crippen molar-refractivity contribution in [2.24, 2.45) is 10.9 Å². The minimum atomic E-state index is 0. The molecule has 0 saturated heterocycles. The summed E-state index contributed by atoms with van der Waals surface area (Å²) in [5.74, 6) is 1.61. The van der Waals surface area contributed by atoms with Gasteiger partial charge in [0.05, 0.1) is 5.69 Å². The molecule has 1 unspecified atom stereocenters. The first-order valence-electron chi connectivity index (χ1n) is 8.99. The minimum absolute atomic E-state index is 0. The maximum atomic E-state index is 4.32. The molecule has 2 rings (SSSR count). The second-order valence-corrected chi connectivity index (χ2v) is 6.80. The van der Waals surface area contributed by atoms with Crippen molar-refractivity contribution < 1.29 is 0 Å². The second-order valence-electron chi connectivity index (χ2n) is 6.80. The van der Waals surface area contributed by atoms with Crippen molar-refractivity contribution in [3.8, 4) is 5.69 Å². The first kappa shape index (κ1) is 22.4. The Bertz CT molecular complexity index is 637. The Balaban J connectivity index is 0.00000338. The van der Waals surface area contributed by atoms with Crippen molar-refractivity contribution in [1.29, 1.82) is 0 Å². The van der Waals surface area contributed by atoms with Crippen LogP contribution in [0.15, 0.2) is 41.9 Å². The molecule has 144 valence electrons. The highest BCUT2D eigenvalue weighted by atomic mass is 127. The van der Waals surface area contributed by atoms with Gasteiger partial charge in [0.2, 0.25) is 0 Å². The van der Waals surface area contributed by atoms with Gasteiger partial charge in [-0.05, 0) is 37.0 Å². The number of benzene rings is 1. The zero-order valence-electron chi connectivity index (χ0n) is 16.1. The Morgan fingerprint density at radius 3 is 2.46 bits per heavy atom. The molecule has 0 bridgehead atoms. The van der Waals surface area contributed by atoms with Crippen LogP contribution in [0.5, 0.6) is 0 Å². The lowest BCUT2D eigenvalue weighted by atomic mass is 10.0. The van der Waals surface area contributed by atoms with Crippen LogP contribution in [0.1, 0.15) is 45.6 Å². The highest BCUT2D eigenvalue weighted by Crippen LogP contribution is 2.09. The van der Waals surface area contributed by atoms with Crippen molar-refractivity contribution in [2.45, 2.75) is 52.6 Å². The molecule has 7 heteroatoms. The number of nitrogens with one attached hydrogen (secondary N) is 2. The van der Waals surface area contributed by atoms with E-state index in [1.165, 1.54) is 24.7 Å². The third-order valence-corrected chi connectivity index (χ3v) is 4.10. The molecule has 1 aromatic carbocycles. The molecular weight excluding hydrogens is 439 g/mol. The molecule has 0 saturated carbocycles. The van der Waals surface area contributed by atoms with Crippen LogP contribution < -0.4 is 10.6 Å². The molecule has 0 aliphatic heterocycles. The summed E-state index contributed by atoms with van der Waals surface area (Å²) in [6.07, 6.45) is 6.90. The SMILES string of the molecule is CN=C(NCc1ccc(-n2cncn2)cc1)NC(C)CCCC(C)C.I. The van der Waals surface area contributed by atoms with Crippen LogP contribution in [0.25, 0.3) is 5.69 Å². The first-order chi connectivity index (χ1) is 12.1. The summed E-state index contributed by atoms with van der Waals surface area (Å²) in [6, 6.07) is 8.67. The monoisotopic (exact) mass is 470 g/mol. The van der Waals surface area contributed by atoms with Crippen LogP contribution in [0.3, 0.4) is 0 Å². The molecule has 2 aromatic rings. The molecule has 1 atom stereocenters. The normalized spacial score (nSPS) is 12.6. The van der Waals surface area contributed by atoms with E-state index in [1.54, 1.807) is 11.0 Å². The number of hydrogen-bond donors (Lipinski definition) is 2. The summed E-state index contributed by atoms with van der Waals surface area (Å²) in [5, 5.41) is 11.0. The number of hydrogen-bond acceptors (Lipinski definition) is 3. The lowest BCUT2D eigenvalue weighted by Crippen LogP contribution is -2.41. The van der Waals surface area contributed by atoms with Gasteiger partial charge in [-0.25, -0.2) is 9.67 Å². The summed E-state index contributed by atoms with van der Waals surface area (Å²) in [6.45, 7) is 7.48. The van der Waals surface area contributed by atoms with Crippen molar-refractivity contribution in [1.82, 2.24) is 25.4 Å². The molecule has 0 amide bonds.